The molecule has 0 spiro atoms. The summed E-state index contributed by atoms with van der Waals surface area (Å²) in [5.41, 5.74) is 7.03. The Bertz CT molecular complexity index is 1190. The second-order valence-electron chi connectivity index (χ2n) is 9.05. The molecule has 2 aromatic carbocycles. The standard InChI is InChI=1S/C27H33Cl2N5O2/c1-32-25-10-9-22(33(17-13-28)18-14-29)19-23(25)30-26(32)12-16-34-15-2-3-24(34)21-7-4-20(5-8-21)6-11-27(35)31-36/h4-11,19,24,36H,2-3,12-18H2,1H3,(H,31,35)/b11-6+. The number of benzene rings is 2. The molecule has 9 heteroatoms. The van der Waals surface area contributed by atoms with Gasteiger partial charge < -0.3 is 9.47 Å². The largest absolute Gasteiger partial charge is 0.369 e. The molecule has 2 heterocycles. The van der Waals surface area contributed by atoms with Gasteiger partial charge in [0.05, 0.1) is 11.0 Å². The van der Waals surface area contributed by atoms with E-state index in [0.29, 0.717) is 17.8 Å². The summed E-state index contributed by atoms with van der Waals surface area (Å²) in [7, 11) is 2.09. The molecule has 0 bridgehead atoms. The molecule has 4 rings (SSSR count). The van der Waals surface area contributed by atoms with Crippen molar-refractivity contribution in [2.45, 2.75) is 25.3 Å². The van der Waals surface area contributed by atoms with Crippen molar-refractivity contribution in [3.63, 3.8) is 0 Å². The van der Waals surface area contributed by atoms with Crippen molar-refractivity contribution in [1.29, 1.82) is 0 Å². The van der Waals surface area contributed by atoms with Gasteiger partial charge in [-0.3, -0.25) is 14.9 Å². The third-order valence-electron chi connectivity index (χ3n) is 6.88. The van der Waals surface area contributed by atoms with Crippen molar-refractivity contribution in [3.8, 4) is 0 Å². The first-order valence-corrected chi connectivity index (χ1v) is 13.4. The molecule has 1 saturated heterocycles. The van der Waals surface area contributed by atoms with Crippen LogP contribution in [0, 0.1) is 0 Å². The minimum Gasteiger partial charge on any atom is -0.369 e. The van der Waals surface area contributed by atoms with E-state index < -0.39 is 5.91 Å². The lowest BCUT2D eigenvalue weighted by Gasteiger charge is -2.24. The highest BCUT2D eigenvalue weighted by molar-refractivity contribution is 6.18. The molecule has 1 amide bonds. The Balaban J connectivity index is 1.44. The Kier molecular flexibility index (Phi) is 9.26. The van der Waals surface area contributed by atoms with Crippen LogP contribution in [0.5, 0.6) is 0 Å². The molecule has 7 nitrogen and oxygen atoms in total. The fourth-order valence-corrected chi connectivity index (χ4v) is 5.39. The summed E-state index contributed by atoms with van der Waals surface area (Å²) in [6.45, 7) is 3.52. The molecule has 0 aliphatic carbocycles. The topological polar surface area (TPSA) is 73.6 Å². The molecule has 1 aliphatic rings. The van der Waals surface area contributed by atoms with E-state index in [0.717, 1.165) is 67.1 Å². The van der Waals surface area contributed by atoms with Gasteiger partial charge in [-0.25, -0.2) is 10.5 Å². The van der Waals surface area contributed by atoms with Crippen LogP contribution in [-0.4, -0.2) is 63.5 Å². The lowest BCUT2D eigenvalue weighted by Crippen LogP contribution is -2.27. The lowest BCUT2D eigenvalue weighted by molar-refractivity contribution is -0.124. The fourth-order valence-electron chi connectivity index (χ4n) is 4.99. The van der Waals surface area contributed by atoms with Gasteiger partial charge in [0, 0.05) is 62.7 Å². The highest BCUT2D eigenvalue weighted by atomic mass is 35.5. The Morgan fingerprint density at radius 1 is 1.19 bits per heavy atom. The van der Waals surface area contributed by atoms with Gasteiger partial charge in [-0.05, 0) is 54.8 Å². The van der Waals surface area contributed by atoms with E-state index in [-0.39, 0.29) is 0 Å². The summed E-state index contributed by atoms with van der Waals surface area (Å²) in [6.07, 6.45) is 6.17. The molecule has 1 fully saturated rings. The molecule has 2 N–H and O–H groups in total. The van der Waals surface area contributed by atoms with Gasteiger partial charge in [0.15, 0.2) is 0 Å². The minimum atomic E-state index is -0.540. The second kappa shape index (κ2) is 12.6. The normalized spacial score (nSPS) is 16.3. The third kappa shape index (κ3) is 6.21. The maximum absolute atomic E-state index is 11.2. The Morgan fingerprint density at radius 3 is 2.64 bits per heavy atom. The maximum atomic E-state index is 11.2. The van der Waals surface area contributed by atoms with Crippen molar-refractivity contribution in [2.24, 2.45) is 7.05 Å². The summed E-state index contributed by atoms with van der Waals surface area (Å²) in [4.78, 5) is 20.9. The first kappa shape index (κ1) is 26.5. The number of aromatic nitrogens is 2. The van der Waals surface area contributed by atoms with Gasteiger partial charge in [0.2, 0.25) is 0 Å². The summed E-state index contributed by atoms with van der Waals surface area (Å²) >= 11 is 12.0. The van der Waals surface area contributed by atoms with Crippen molar-refractivity contribution < 1.29 is 10.0 Å². The summed E-state index contributed by atoms with van der Waals surface area (Å²) in [5.74, 6) is 1.65. The number of carbonyl (C=O) groups excluding carboxylic acids is 1. The highest BCUT2D eigenvalue weighted by Crippen LogP contribution is 2.32. The molecule has 1 atom stereocenters. The van der Waals surface area contributed by atoms with Crippen LogP contribution in [0.4, 0.5) is 5.69 Å². The zero-order valence-corrected chi connectivity index (χ0v) is 22.0. The minimum absolute atomic E-state index is 0.379. The van der Waals surface area contributed by atoms with Crippen LogP contribution in [0.3, 0.4) is 0 Å². The van der Waals surface area contributed by atoms with Crippen LogP contribution in [-0.2, 0) is 18.3 Å². The third-order valence-corrected chi connectivity index (χ3v) is 7.21. The number of halogens is 2. The predicted octanol–water partition coefficient (Wildman–Crippen LogP) is 4.76. The number of hydroxylamine groups is 1. The molecule has 36 heavy (non-hydrogen) atoms. The number of rotatable bonds is 11. The van der Waals surface area contributed by atoms with Gasteiger partial charge in [-0.1, -0.05) is 24.3 Å². The van der Waals surface area contributed by atoms with E-state index >= 15 is 0 Å². The van der Waals surface area contributed by atoms with Crippen LogP contribution < -0.4 is 10.4 Å². The highest BCUT2D eigenvalue weighted by Gasteiger charge is 2.26. The number of amides is 1. The number of hydrogen-bond donors (Lipinski definition) is 2. The van der Waals surface area contributed by atoms with Gasteiger partial charge in [-0.2, -0.15) is 0 Å². The van der Waals surface area contributed by atoms with E-state index in [1.165, 1.54) is 18.1 Å². The Hall–Kier alpha value is -2.58. The molecular formula is C27H33Cl2N5O2. The Labute approximate surface area is 222 Å². The van der Waals surface area contributed by atoms with E-state index in [9.17, 15) is 4.79 Å². The molecule has 3 aromatic rings. The van der Waals surface area contributed by atoms with E-state index in [2.05, 4.69) is 51.7 Å². The molecular weight excluding hydrogens is 497 g/mol. The number of fused-ring (bicyclic) bond motifs is 1. The van der Waals surface area contributed by atoms with Crippen LogP contribution >= 0.6 is 23.2 Å². The van der Waals surface area contributed by atoms with Crippen LogP contribution in [0.15, 0.2) is 48.5 Å². The number of imidazole rings is 1. The van der Waals surface area contributed by atoms with E-state index in [1.807, 2.05) is 12.1 Å². The quantitative estimate of drug-likeness (QED) is 0.162. The molecule has 192 valence electrons. The lowest BCUT2D eigenvalue weighted by atomic mass is 10.0. The predicted molar refractivity (Wildman–Crippen MR) is 147 cm³/mol. The zero-order valence-electron chi connectivity index (χ0n) is 20.5. The first-order valence-electron chi connectivity index (χ1n) is 12.3. The molecule has 1 aliphatic heterocycles. The molecule has 1 aromatic heterocycles. The van der Waals surface area contributed by atoms with Gasteiger partial charge in [0.1, 0.15) is 5.82 Å². The molecule has 1 unspecified atom stereocenters. The number of hydrogen-bond acceptors (Lipinski definition) is 5. The second-order valence-corrected chi connectivity index (χ2v) is 9.80. The van der Waals surface area contributed by atoms with Crippen molar-refractivity contribution in [3.05, 3.63) is 65.5 Å². The van der Waals surface area contributed by atoms with Crippen molar-refractivity contribution in [2.75, 3.05) is 42.8 Å². The molecule has 0 saturated carbocycles. The number of carbonyl (C=O) groups is 1. The number of nitrogens with zero attached hydrogens (tertiary/aromatic N) is 4. The van der Waals surface area contributed by atoms with E-state index in [1.54, 1.807) is 11.6 Å². The summed E-state index contributed by atoms with van der Waals surface area (Å²) in [6, 6.07) is 15.0. The van der Waals surface area contributed by atoms with Gasteiger partial charge >= 0.3 is 0 Å². The van der Waals surface area contributed by atoms with Gasteiger partial charge in [-0.15, -0.1) is 23.2 Å². The first-order chi connectivity index (χ1) is 17.5. The average molecular weight is 531 g/mol. The fraction of sp³-hybridized carbons (Fsp3) is 0.407. The van der Waals surface area contributed by atoms with Crippen LogP contribution in [0.2, 0.25) is 0 Å². The number of likely N-dealkylation sites (tertiary alicyclic amines) is 1. The van der Waals surface area contributed by atoms with Crippen LogP contribution in [0.25, 0.3) is 17.1 Å². The number of aryl methyl sites for hydroxylation is 1. The van der Waals surface area contributed by atoms with Crippen molar-refractivity contribution in [1.82, 2.24) is 19.9 Å². The van der Waals surface area contributed by atoms with E-state index in [4.69, 9.17) is 33.4 Å². The van der Waals surface area contributed by atoms with Crippen LogP contribution in [0.1, 0.15) is 35.8 Å². The summed E-state index contributed by atoms with van der Waals surface area (Å²) < 4.78 is 2.20. The number of nitrogens with one attached hydrogen (secondary N) is 1. The van der Waals surface area contributed by atoms with Crippen molar-refractivity contribution >= 4 is 51.9 Å². The molecule has 0 radical (unpaired) electrons. The smallest absolute Gasteiger partial charge is 0.267 e. The number of alkyl halides is 2. The maximum Gasteiger partial charge on any atom is 0.267 e. The monoisotopic (exact) mass is 529 g/mol. The summed E-state index contributed by atoms with van der Waals surface area (Å²) in [5, 5.41) is 8.62. The average Bonchev–Trinajstić information content (AvgIpc) is 3.50. The van der Waals surface area contributed by atoms with Gasteiger partial charge in [0.25, 0.3) is 5.91 Å². The number of anilines is 1. The Morgan fingerprint density at radius 2 is 1.94 bits per heavy atom. The SMILES string of the molecule is Cn1c(CCN2CCCC2c2ccc(/C=C/C(=O)NO)cc2)nc2cc(N(CCCl)CCCl)ccc21. The zero-order chi connectivity index (χ0) is 25.5.